The second-order valence-corrected chi connectivity index (χ2v) is 4.76. The molecule has 0 fully saturated rings. The van der Waals surface area contributed by atoms with E-state index in [1.54, 1.807) is 6.07 Å². The van der Waals surface area contributed by atoms with E-state index in [1.807, 2.05) is 18.2 Å². The Hall–Kier alpha value is -1.55. The molecule has 1 aromatic rings. The SMILES string of the molecule is CC[N+](C)(C)C(C)c1cccc(OC(N)=O)c1. The maximum atomic E-state index is 10.7. The molecular formula is C13H21N2O2+. The predicted molar refractivity (Wildman–Crippen MR) is 67.7 cm³/mol. The third-order valence-corrected chi connectivity index (χ3v) is 3.42. The van der Waals surface area contributed by atoms with E-state index in [-0.39, 0.29) is 0 Å². The average Bonchev–Trinajstić information content (AvgIpc) is 2.27. The number of ether oxygens (including phenoxy) is 1. The predicted octanol–water partition coefficient (Wildman–Crippen LogP) is 2.30. The highest BCUT2D eigenvalue weighted by molar-refractivity contribution is 5.68. The number of carbonyl (C=O) groups excluding carboxylic acids is 1. The minimum absolute atomic E-state index is 0.330. The van der Waals surface area contributed by atoms with Crippen LogP contribution in [0.5, 0.6) is 5.75 Å². The zero-order chi connectivity index (χ0) is 13.1. The van der Waals surface area contributed by atoms with E-state index < -0.39 is 6.09 Å². The van der Waals surface area contributed by atoms with Gasteiger partial charge in [-0.1, -0.05) is 12.1 Å². The van der Waals surface area contributed by atoms with Crippen LogP contribution in [-0.2, 0) is 0 Å². The number of rotatable bonds is 4. The van der Waals surface area contributed by atoms with Crippen molar-refractivity contribution in [2.45, 2.75) is 19.9 Å². The molecule has 0 saturated heterocycles. The van der Waals surface area contributed by atoms with Crippen LogP contribution in [0.2, 0.25) is 0 Å². The summed E-state index contributed by atoms with van der Waals surface area (Å²) < 4.78 is 5.76. The molecule has 1 atom stereocenters. The summed E-state index contributed by atoms with van der Waals surface area (Å²) in [5.41, 5.74) is 6.13. The molecule has 0 bridgehead atoms. The van der Waals surface area contributed by atoms with Crippen molar-refractivity contribution in [2.75, 3.05) is 20.6 Å². The van der Waals surface area contributed by atoms with Crippen molar-refractivity contribution in [3.8, 4) is 5.75 Å². The molecule has 1 aromatic carbocycles. The summed E-state index contributed by atoms with van der Waals surface area (Å²) in [4.78, 5) is 10.7. The molecule has 0 aliphatic carbocycles. The molecule has 4 heteroatoms. The van der Waals surface area contributed by atoms with E-state index in [0.717, 1.165) is 16.6 Å². The lowest BCUT2D eigenvalue weighted by Gasteiger charge is -2.35. The van der Waals surface area contributed by atoms with Gasteiger partial charge in [0.25, 0.3) is 0 Å². The van der Waals surface area contributed by atoms with Gasteiger partial charge >= 0.3 is 6.09 Å². The number of amides is 1. The van der Waals surface area contributed by atoms with Gasteiger partial charge < -0.3 is 15.0 Å². The van der Waals surface area contributed by atoms with Gasteiger partial charge in [-0.05, 0) is 26.0 Å². The third-order valence-electron chi connectivity index (χ3n) is 3.42. The van der Waals surface area contributed by atoms with Crippen molar-refractivity contribution in [1.82, 2.24) is 0 Å². The Morgan fingerprint density at radius 2 is 2.12 bits per heavy atom. The Kier molecular flexibility index (Phi) is 4.12. The first-order valence-electron chi connectivity index (χ1n) is 5.76. The van der Waals surface area contributed by atoms with Crippen LogP contribution >= 0.6 is 0 Å². The molecule has 0 aliphatic heterocycles. The summed E-state index contributed by atoms with van der Waals surface area (Å²) in [6.07, 6.45) is -0.779. The molecule has 2 N–H and O–H groups in total. The minimum Gasteiger partial charge on any atom is -0.410 e. The van der Waals surface area contributed by atoms with Crippen LogP contribution in [0.25, 0.3) is 0 Å². The molecule has 0 saturated carbocycles. The Labute approximate surface area is 103 Å². The summed E-state index contributed by atoms with van der Waals surface area (Å²) in [5, 5.41) is 0. The largest absolute Gasteiger partial charge is 0.410 e. The molecule has 1 rings (SSSR count). The molecular weight excluding hydrogens is 216 g/mol. The summed E-state index contributed by atoms with van der Waals surface area (Å²) >= 11 is 0. The minimum atomic E-state index is -0.779. The number of nitrogens with two attached hydrogens (primary N) is 1. The highest BCUT2D eigenvalue weighted by Gasteiger charge is 2.23. The van der Waals surface area contributed by atoms with Crippen LogP contribution in [-0.4, -0.2) is 31.2 Å². The second-order valence-electron chi connectivity index (χ2n) is 4.76. The Bertz CT molecular complexity index is 402. The lowest BCUT2D eigenvalue weighted by molar-refractivity contribution is -0.917. The lowest BCUT2D eigenvalue weighted by atomic mass is 10.1. The number of hydrogen-bond donors (Lipinski definition) is 1. The topological polar surface area (TPSA) is 52.3 Å². The quantitative estimate of drug-likeness (QED) is 0.817. The van der Waals surface area contributed by atoms with Crippen molar-refractivity contribution in [3.05, 3.63) is 29.8 Å². The molecule has 0 aromatic heterocycles. The molecule has 1 amide bonds. The van der Waals surface area contributed by atoms with Gasteiger partial charge in [-0.2, -0.15) is 0 Å². The number of primary amides is 1. The Morgan fingerprint density at radius 1 is 1.47 bits per heavy atom. The van der Waals surface area contributed by atoms with Crippen LogP contribution in [0, 0.1) is 0 Å². The van der Waals surface area contributed by atoms with Gasteiger partial charge in [0.1, 0.15) is 11.8 Å². The van der Waals surface area contributed by atoms with Crippen LogP contribution in [0.15, 0.2) is 24.3 Å². The summed E-state index contributed by atoms with van der Waals surface area (Å²) in [7, 11) is 4.35. The van der Waals surface area contributed by atoms with Crippen molar-refractivity contribution in [3.63, 3.8) is 0 Å². The van der Waals surface area contributed by atoms with Crippen LogP contribution in [0.3, 0.4) is 0 Å². The first-order chi connectivity index (χ1) is 7.86. The fraction of sp³-hybridized carbons (Fsp3) is 0.462. The Balaban J connectivity index is 2.95. The van der Waals surface area contributed by atoms with Gasteiger partial charge in [-0.15, -0.1) is 0 Å². The number of benzene rings is 1. The fourth-order valence-corrected chi connectivity index (χ4v) is 1.63. The summed E-state index contributed by atoms with van der Waals surface area (Å²) in [6.45, 7) is 5.34. The molecule has 4 nitrogen and oxygen atoms in total. The maximum absolute atomic E-state index is 10.7. The normalized spacial score (nSPS) is 13.2. The van der Waals surface area contributed by atoms with Gasteiger partial charge in [0.2, 0.25) is 0 Å². The van der Waals surface area contributed by atoms with Gasteiger partial charge in [-0.3, -0.25) is 0 Å². The van der Waals surface area contributed by atoms with E-state index in [1.165, 1.54) is 0 Å². The van der Waals surface area contributed by atoms with Crippen molar-refractivity contribution in [1.29, 1.82) is 0 Å². The third kappa shape index (κ3) is 3.46. The fourth-order valence-electron chi connectivity index (χ4n) is 1.63. The van der Waals surface area contributed by atoms with E-state index >= 15 is 0 Å². The van der Waals surface area contributed by atoms with E-state index in [2.05, 4.69) is 27.9 Å². The van der Waals surface area contributed by atoms with Crippen molar-refractivity contribution >= 4 is 6.09 Å². The van der Waals surface area contributed by atoms with Crippen molar-refractivity contribution < 1.29 is 14.0 Å². The van der Waals surface area contributed by atoms with Gasteiger partial charge in [0.15, 0.2) is 0 Å². The number of carbonyl (C=O) groups is 1. The molecule has 0 spiro atoms. The first-order valence-corrected chi connectivity index (χ1v) is 5.76. The highest BCUT2D eigenvalue weighted by Crippen LogP contribution is 2.26. The highest BCUT2D eigenvalue weighted by atomic mass is 16.5. The van der Waals surface area contributed by atoms with Gasteiger partial charge in [-0.25, -0.2) is 4.79 Å². The van der Waals surface area contributed by atoms with Crippen molar-refractivity contribution in [2.24, 2.45) is 5.73 Å². The molecule has 17 heavy (non-hydrogen) atoms. The maximum Gasteiger partial charge on any atom is 0.409 e. The second kappa shape index (κ2) is 5.19. The molecule has 0 aliphatic rings. The molecule has 1 unspecified atom stereocenters. The standard InChI is InChI=1S/C13H20N2O2/c1-5-15(3,4)10(2)11-7-6-8-12(9-11)17-13(14)16/h6-10H,5H2,1-4H3,(H-,14,16)/p+1. The van der Waals surface area contributed by atoms with Gasteiger partial charge in [0.05, 0.1) is 20.6 Å². The average molecular weight is 237 g/mol. The monoisotopic (exact) mass is 237 g/mol. The van der Waals surface area contributed by atoms with E-state index in [0.29, 0.717) is 11.8 Å². The van der Waals surface area contributed by atoms with Crippen LogP contribution in [0.4, 0.5) is 4.79 Å². The molecule has 0 heterocycles. The zero-order valence-electron chi connectivity index (χ0n) is 10.9. The van der Waals surface area contributed by atoms with Crippen LogP contribution < -0.4 is 10.5 Å². The number of quaternary nitrogens is 1. The summed E-state index contributed by atoms with van der Waals surface area (Å²) in [6, 6.07) is 7.84. The van der Waals surface area contributed by atoms with Crippen LogP contribution in [0.1, 0.15) is 25.5 Å². The first kappa shape index (κ1) is 13.5. The Morgan fingerprint density at radius 3 is 2.65 bits per heavy atom. The zero-order valence-corrected chi connectivity index (χ0v) is 10.9. The summed E-state index contributed by atoms with van der Waals surface area (Å²) in [5.74, 6) is 0.498. The van der Waals surface area contributed by atoms with E-state index in [4.69, 9.17) is 10.5 Å². The molecule has 94 valence electrons. The van der Waals surface area contributed by atoms with Gasteiger partial charge in [0, 0.05) is 5.56 Å². The number of hydrogen-bond acceptors (Lipinski definition) is 2. The molecule has 0 radical (unpaired) electrons. The number of nitrogens with zero attached hydrogens (tertiary/aromatic N) is 1. The lowest BCUT2D eigenvalue weighted by Crippen LogP contribution is -2.41. The van der Waals surface area contributed by atoms with E-state index in [9.17, 15) is 4.79 Å². The smallest absolute Gasteiger partial charge is 0.409 e.